The van der Waals surface area contributed by atoms with Crippen molar-refractivity contribution in [1.29, 1.82) is 0 Å². The van der Waals surface area contributed by atoms with Gasteiger partial charge in [0.1, 0.15) is 0 Å². The number of benzene rings is 1. The summed E-state index contributed by atoms with van der Waals surface area (Å²) in [5.74, 6) is 0.154. The molecule has 94 valence electrons. The summed E-state index contributed by atoms with van der Waals surface area (Å²) in [6.45, 7) is 1.26. The van der Waals surface area contributed by atoms with Crippen molar-refractivity contribution in [2.24, 2.45) is 0 Å². The Morgan fingerprint density at radius 2 is 2.00 bits per heavy atom. The maximum atomic E-state index is 12.0. The molecule has 0 spiro atoms. The van der Waals surface area contributed by atoms with Crippen LogP contribution in [0.1, 0.15) is 15.2 Å². The van der Waals surface area contributed by atoms with E-state index in [1.807, 2.05) is 42.3 Å². The third-order valence-corrected chi connectivity index (χ3v) is 3.98. The van der Waals surface area contributed by atoms with E-state index < -0.39 is 0 Å². The van der Waals surface area contributed by atoms with Crippen molar-refractivity contribution in [3.8, 4) is 0 Å². The first-order valence-corrected chi connectivity index (χ1v) is 7.32. The minimum atomic E-state index is 0.154. The number of likely N-dealkylation sites (N-methyl/N-ethyl adjacent to an activating group) is 1. The monoisotopic (exact) mass is 323 g/mol. The summed E-state index contributed by atoms with van der Waals surface area (Å²) < 4.78 is 0.992. The number of hydrogen-bond acceptors (Lipinski definition) is 3. The van der Waals surface area contributed by atoms with E-state index in [0.717, 1.165) is 16.6 Å². The van der Waals surface area contributed by atoms with Crippen LogP contribution in [-0.4, -0.2) is 24.3 Å². The zero-order valence-electron chi connectivity index (χ0n) is 10.1. The minimum Gasteiger partial charge on any atom is -0.294 e. The number of halogens is 1. The van der Waals surface area contributed by atoms with Crippen LogP contribution in [0.3, 0.4) is 0 Å². The fraction of sp³-hybridized carbons (Fsp3) is 0.214. The second-order valence-corrected chi connectivity index (χ2v) is 6.13. The van der Waals surface area contributed by atoms with E-state index in [9.17, 15) is 4.79 Å². The summed E-state index contributed by atoms with van der Waals surface area (Å²) in [4.78, 5) is 15.4. The van der Waals surface area contributed by atoms with E-state index in [4.69, 9.17) is 0 Å². The predicted octanol–water partition coefficient (Wildman–Crippen LogP) is 3.83. The first-order chi connectivity index (χ1) is 8.65. The van der Waals surface area contributed by atoms with E-state index in [2.05, 4.69) is 27.4 Å². The molecule has 1 aromatic carbocycles. The summed E-state index contributed by atoms with van der Waals surface area (Å²) in [6, 6.07) is 11.6. The van der Waals surface area contributed by atoms with Crippen LogP contribution in [0.2, 0.25) is 0 Å². The van der Waals surface area contributed by atoms with Gasteiger partial charge in [0, 0.05) is 21.5 Å². The molecular formula is C14H14BrNOS. The normalized spacial score (nSPS) is 10.8. The molecule has 2 rings (SSSR count). The molecule has 0 radical (unpaired) electrons. The maximum absolute atomic E-state index is 12.0. The first-order valence-electron chi connectivity index (χ1n) is 5.65. The van der Waals surface area contributed by atoms with Gasteiger partial charge in [0.2, 0.25) is 0 Å². The number of carbonyl (C=O) groups excluding carboxylic acids is 1. The predicted molar refractivity (Wildman–Crippen MR) is 79.1 cm³/mol. The summed E-state index contributed by atoms with van der Waals surface area (Å²) in [5, 5.41) is 2.06. The van der Waals surface area contributed by atoms with E-state index in [0.29, 0.717) is 6.54 Å². The number of carbonyl (C=O) groups is 1. The topological polar surface area (TPSA) is 20.3 Å². The molecule has 0 aliphatic rings. The fourth-order valence-electron chi connectivity index (χ4n) is 1.70. The van der Waals surface area contributed by atoms with Crippen molar-refractivity contribution in [3.05, 3.63) is 56.7 Å². The van der Waals surface area contributed by atoms with Gasteiger partial charge in [-0.3, -0.25) is 9.69 Å². The van der Waals surface area contributed by atoms with Gasteiger partial charge in [-0.1, -0.05) is 34.1 Å². The zero-order chi connectivity index (χ0) is 13.0. The molecule has 0 atom stereocenters. The van der Waals surface area contributed by atoms with Crippen LogP contribution in [-0.2, 0) is 6.54 Å². The lowest BCUT2D eigenvalue weighted by Gasteiger charge is -2.14. The lowest BCUT2D eigenvalue weighted by Crippen LogP contribution is -2.25. The summed E-state index contributed by atoms with van der Waals surface area (Å²) in [5.41, 5.74) is 0.760. The van der Waals surface area contributed by atoms with Gasteiger partial charge in [0.25, 0.3) is 0 Å². The molecule has 0 saturated carbocycles. The smallest absolute Gasteiger partial charge is 0.176 e. The molecule has 2 nitrogen and oxygen atoms in total. The van der Waals surface area contributed by atoms with Gasteiger partial charge in [0.05, 0.1) is 6.54 Å². The number of ketones is 1. The Morgan fingerprint density at radius 3 is 2.61 bits per heavy atom. The van der Waals surface area contributed by atoms with Gasteiger partial charge >= 0.3 is 0 Å². The van der Waals surface area contributed by atoms with E-state index in [1.165, 1.54) is 4.88 Å². The number of rotatable bonds is 5. The standard InChI is InChI=1S/C14H14BrNOS/c1-16(9-13-3-2-8-18-13)10-14(17)11-4-6-12(15)7-5-11/h2-8H,9-10H2,1H3. The van der Waals surface area contributed by atoms with Crippen LogP contribution in [0, 0.1) is 0 Å². The van der Waals surface area contributed by atoms with Crippen LogP contribution in [0.15, 0.2) is 46.3 Å². The Morgan fingerprint density at radius 1 is 1.28 bits per heavy atom. The highest BCUT2D eigenvalue weighted by molar-refractivity contribution is 9.10. The Labute approximate surface area is 119 Å². The zero-order valence-corrected chi connectivity index (χ0v) is 12.5. The molecule has 4 heteroatoms. The van der Waals surface area contributed by atoms with E-state index in [1.54, 1.807) is 11.3 Å². The molecular weight excluding hydrogens is 310 g/mol. The van der Waals surface area contributed by atoms with Crippen molar-refractivity contribution in [2.45, 2.75) is 6.54 Å². The lowest BCUT2D eigenvalue weighted by molar-refractivity contribution is 0.0943. The summed E-state index contributed by atoms with van der Waals surface area (Å²) >= 11 is 5.08. The Balaban J connectivity index is 1.92. The molecule has 0 aliphatic heterocycles. The Kier molecular flexibility index (Phi) is 4.69. The molecule has 0 aliphatic carbocycles. The molecule has 0 N–H and O–H groups in total. The van der Waals surface area contributed by atoms with Crippen molar-refractivity contribution in [3.63, 3.8) is 0 Å². The maximum Gasteiger partial charge on any atom is 0.176 e. The Bertz CT molecular complexity index is 507. The van der Waals surface area contributed by atoms with Crippen LogP contribution in [0.25, 0.3) is 0 Å². The van der Waals surface area contributed by atoms with Gasteiger partial charge in [-0.15, -0.1) is 11.3 Å². The lowest BCUT2D eigenvalue weighted by atomic mass is 10.1. The summed E-state index contributed by atoms with van der Waals surface area (Å²) in [6.07, 6.45) is 0. The number of nitrogens with zero attached hydrogens (tertiary/aromatic N) is 1. The molecule has 1 aromatic heterocycles. The quantitative estimate of drug-likeness (QED) is 0.779. The average Bonchev–Trinajstić information content (AvgIpc) is 2.82. The molecule has 0 saturated heterocycles. The second kappa shape index (κ2) is 6.27. The van der Waals surface area contributed by atoms with Crippen LogP contribution >= 0.6 is 27.3 Å². The molecule has 1 heterocycles. The van der Waals surface area contributed by atoms with Crippen molar-refractivity contribution >= 4 is 33.0 Å². The van der Waals surface area contributed by atoms with Crippen molar-refractivity contribution < 1.29 is 4.79 Å². The highest BCUT2D eigenvalue weighted by Gasteiger charge is 2.09. The SMILES string of the molecule is CN(CC(=O)c1ccc(Br)cc1)Cc1cccs1. The first kappa shape index (κ1) is 13.5. The minimum absolute atomic E-state index is 0.154. The fourth-order valence-corrected chi connectivity index (χ4v) is 2.75. The van der Waals surface area contributed by atoms with Gasteiger partial charge in [0.15, 0.2) is 5.78 Å². The third-order valence-electron chi connectivity index (χ3n) is 2.59. The molecule has 0 fully saturated rings. The van der Waals surface area contributed by atoms with Crippen molar-refractivity contribution in [2.75, 3.05) is 13.6 Å². The van der Waals surface area contributed by atoms with Crippen molar-refractivity contribution in [1.82, 2.24) is 4.90 Å². The number of thiophene rings is 1. The molecule has 0 amide bonds. The number of Topliss-reactive ketones (excluding diaryl/α,β-unsaturated/α-hetero) is 1. The van der Waals surface area contributed by atoms with E-state index in [-0.39, 0.29) is 5.78 Å². The molecule has 2 aromatic rings. The Hall–Kier alpha value is -0.970. The number of hydrogen-bond donors (Lipinski definition) is 0. The van der Waals surface area contributed by atoms with Gasteiger partial charge in [-0.05, 0) is 30.6 Å². The van der Waals surface area contributed by atoms with E-state index >= 15 is 0 Å². The summed E-state index contributed by atoms with van der Waals surface area (Å²) in [7, 11) is 1.97. The van der Waals surface area contributed by atoms with Gasteiger partial charge < -0.3 is 0 Å². The largest absolute Gasteiger partial charge is 0.294 e. The van der Waals surface area contributed by atoms with Gasteiger partial charge in [-0.2, -0.15) is 0 Å². The highest BCUT2D eigenvalue weighted by atomic mass is 79.9. The van der Waals surface area contributed by atoms with Gasteiger partial charge in [-0.25, -0.2) is 0 Å². The second-order valence-electron chi connectivity index (χ2n) is 4.18. The third kappa shape index (κ3) is 3.77. The van der Waals surface area contributed by atoms with Crippen LogP contribution in [0.4, 0.5) is 0 Å². The van der Waals surface area contributed by atoms with Crippen LogP contribution < -0.4 is 0 Å². The molecule has 18 heavy (non-hydrogen) atoms. The highest BCUT2D eigenvalue weighted by Crippen LogP contribution is 2.13. The molecule has 0 unspecified atom stereocenters. The van der Waals surface area contributed by atoms with Crippen LogP contribution in [0.5, 0.6) is 0 Å². The molecule has 0 bridgehead atoms. The average molecular weight is 324 g/mol.